The number of aliphatic carboxylic acids is 1. The maximum Gasteiger partial charge on any atom is 0.325 e. The zero-order valence-corrected chi connectivity index (χ0v) is 9.14. The van der Waals surface area contributed by atoms with E-state index in [2.05, 4.69) is 10.6 Å². The summed E-state index contributed by atoms with van der Waals surface area (Å²) in [6, 6.07) is 8.32. The van der Waals surface area contributed by atoms with E-state index in [4.69, 9.17) is 5.11 Å². The largest absolute Gasteiger partial charge is 0.480 e. The Hall–Kier alpha value is -2.37. The Balaban J connectivity index is 2.80. The summed E-state index contributed by atoms with van der Waals surface area (Å²) in [4.78, 5) is 33.6. The van der Waals surface area contributed by atoms with E-state index in [0.717, 1.165) is 0 Å². The first kappa shape index (κ1) is 12.7. The first-order valence-corrected chi connectivity index (χ1v) is 4.86. The van der Waals surface area contributed by atoms with Gasteiger partial charge in [-0.15, -0.1) is 0 Å². The second-order valence-corrected chi connectivity index (χ2v) is 3.24. The van der Waals surface area contributed by atoms with Crippen LogP contribution >= 0.6 is 0 Å². The number of carbonyl (C=O) groups is 3. The van der Waals surface area contributed by atoms with Crippen molar-refractivity contribution in [2.45, 2.75) is 0 Å². The summed E-state index contributed by atoms with van der Waals surface area (Å²) in [7, 11) is 1.27. The van der Waals surface area contributed by atoms with Crippen molar-refractivity contribution in [2.24, 2.45) is 5.92 Å². The first-order chi connectivity index (χ1) is 8.06. The Labute approximate surface area is 97.6 Å². The van der Waals surface area contributed by atoms with Crippen LogP contribution < -0.4 is 10.6 Å². The molecule has 0 heterocycles. The van der Waals surface area contributed by atoms with Gasteiger partial charge in [0.15, 0.2) is 0 Å². The van der Waals surface area contributed by atoms with Crippen LogP contribution in [-0.4, -0.2) is 29.9 Å². The van der Waals surface area contributed by atoms with E-state index in [9.17, 15) is 14.4 Å². The standard InChI is InChI=1S/C11H12N2O4/c1-12-9(14)8(11(16)17)10(15)13-7-5-3-2-4-6-7/h2-6,8H,1H3,(H,12,14)(H,13,15)(H,16,17). The van der Waals surface area contributed by atoms with Crippen molar-refractivity contribution >= 4 is 23.5 Å². The highest BCUT2D eigenvalue weighted by atomic mass is 16.4. The smallest absolute Gasteiger partial charge is 0.325 e. The zero-order chi connectivity index (χ0) is 12.8. The van der Waals surface area contributed by atoms with Gasteiger partial charge < -0.3 is 15.7 Å². The van der Waals surface area contributed by atoms with Gasteiger partial charge >= 0.3 is 5.97 Å². The van der Waals surface area contributed by atoms with Crippen LogP contribution in [0.25, 0.3) is 0 Å². The normalized spacial score (nSPS) is 11.4. The molecule has 90 valence electrons. The van der Waals surface area contributed by atoms with Gasteiger partial charge in [0.1, 0.15) is 0 Å². The third-order valence-corrected chi connectivity index (χ3v) is 2.06. The van der Waals surface area contributed by atoms with Gasteiger partial charge in [0.05, 0.1) is 0 Å². The molecular formula is C11H12N2O4. The predicted octanol–water partition coefficient (Wildman–Crippen LogP) is 0.0719. The van der Waals surface area contributed by atoms with Gasteiger partial charge in [0, 0.05) is 12.7 Å². The zero-order valence-electron chi connectivity index (χ0n) is 9.14. The van der Waals surface area contributed by atoms with Crippen LogP contribution in [0.5, 0.6) is 0 Å². The highest BCUT2D eigenvalue weighted by Gasteiger charge is 2.33. The molecule has 1 rings (SSSR count). The molecule has 1 atom stereocenters. The average Bonchev–Trinajstić information content (AvgIpc) is 2.29. The molecule has 3 N–H and O–H groups in total. The van der Waals surface area contributed by atoms with E-state index in [1.165, 1.54) is 7.05 Å². The molecule has 0 saturated carbocycles. The van der Waals surface area contributed by atoms with Crippen LogP contribution in [0.4, 0.5) is 5.69 Å². The van der Waals surface area contributed by atoms with E-state index in [0.29, 0.717) is 5.69 Å². The van der Waals surface area contributed by atoms with Gasteiger partial charge in [-0.2, -0.15) is 0 Å². The highest BCUT2D eigenvalue weighted by Crippen LogP contribution is 2.08. The van der Waals surface area contributed by atoms with E-state index in [1.807, 2.05) is 0 Å². The van der Waals surface area contributed by atoms with Crippen molar-refractivity contribution in [3.05, 3.63) is 30.3 Å². The number of carboxylic acids is 1. The Bertz CT molecular complexity index is 430. The van der Waals surface area contributed by atoms with E-state index < -0.39 is 23.7 Å². The molecule has 0 aliphatic carbocycles. The van der Waals surface area contributed by atoms with Gasteiger partial charge in [-0.1, -0.05) is 18.2 Å². The molecule has 2 amide bonds. The van der Waals surface area contributed by atoms with Crippen LogP contribution in [0.15, 0.2) is 30.3 Å². The van der Waals surface area contributed by atoms with Crippen molar-refractivity contribution in [1.82, 2.24) is 5.32 Å². The Morgan fingerprint density at radius 2 is 1.71 bits per heavy atom. The topological polar surface area (TPSA) is 95.5 Å². The molecule has 0 aliphatic heterocycles. The van der Waals surface area contributed by atoms with Crippen LogP contribution in [-0.2, 0) is 14.4 Å². The second-order valence-electron chi connectivity index (χ2n) is 3.24. The molecule has 0 bridgehead atoms. The van der Waals surface area contributed by atoms with Gasteiger partial charge in [0.2, 0.25) is 17.7 Å². The number of benzene rings is 1. The maximum atomic E-state index is 11.6. The molecule has 17 heavy (non-hydrogen) atoms. The Morgan fingerprint density at radius 3 is 2.18 bits per heavy atom. The van der Waals surface area contributed by atoms with Gasteiger partial charge in [-0.05, 0) is 12.1 Å². The molecule has 1 aromatic rings. The predicted molar refractivity (Wildman–Crippen MR) is 60.3 cm³/mol. The maximum absolute atomic E-state index is 11.6. The summed E-state index contributed by atoms with van der Waals surface area (Å²) in [6.45, 7) is 0. The van der Waals surface area contributed by atoms with Crippen molar-refractivity contribution in [1.29, 1.82) is 0 Å². The third kappa shape index (κ3) is 3.30. The number of carbonyl (C=O) groups excluding carboxylic acids is 2. The van der Waals surface area contributed by atoms with Crippen molar-refractivity contribution < 1.29 is 19.5 Å². The minimum absolute atomic E-state index is 0.438. The Morgan fingerprint density at radius 1 is 1.12 bits per heavy atom. The van der Waals surface area contributed by atoms with Crippen molar-refractivity contribution in [3.8, 4) is 0 Å². The lowest BCUT2D eigenvalue weighted by Gasteiger charge is -2.11. The molecular weight excluding hydrogens is 224 g/mol. The number of hydrogen-bond donors (Lipinski definition) is 3. The fraction of sp³-hybridized carbons (Fsp3) is 0.182. The number of carboxylic acid groups (broad SMARTS) is 1. The van der Waals surface area contributed by atoms with Crippen LogP contribution in [0.2, 0.25) is 0 Å². The van der Waals surface area contributed by atoms with Crippen molar-refractivity contribution in [3.63, 3.8) is 0 Å². The lowest BCUT2D eigenvalue weighted by atomic mass is 10.1. The quantitative estimate of drug-likeness (QED) is 0.645. The third-order valence-electron chi connectivity index (χ3n) is 2.06. The average molecular weight is 236 g/mol. The number of nitrogens with one attached hydrogen (secondary N) is 2. The first-order valence-electron chi connectivity index (χ1n) is 4.86. The lowest BCUT2D eigenvalue weighted by Crippen LogP contribution is -2.41. The molecule has 1 unspecified atom stereocenters. The molecule has 0 aliphatic rings. The SMILES string of the molecule is CNC(=O)C(C(=O)O)C(=O)Nc1ccccc1. The minimum Gasteiger partial charge on any atom is -0.480 e. The molecule has 0 aromatic heterocycles. The van der Waals surface area contributed by atoms with E-state index >= 15 is 0 Å². The summed E-state index contributed by atoms with van der Waals surface area (Å²) < 4.78 is 0. The molecule has 0 radical (unpaired) electrons. The van der Waals surface area contributed by atoms with E-state index in [-0.39, 0.29) is 0 Å². The molecule has 0 fully saturated rings. The number of amides is 2. The summed E-state index contributed by atoms with van der Waals surface area (Å²) in [6.07, 6.45) is 0. The van der Waals surface area contributed by atoms with E-state index in [1.54, 1.807) is 30.3 Å². The summed E-state index contributed by atoms with van der Waals surface area (Å²) in [5.41, 5.74) is 0.438. The molecule has 6 nitrogen and oxygen atoms in total. The number of rotatable bonds is 4. The number of anilines is 1. The van der Waals surface area contributed by atoms with Gasteiger partial charge in [0.25, 0.3) is 0 Å². The van der Waals surface area contributed by atoms with Crippen molar-refractivity contribution in [2.75, 3.05) is 12.4 Å². The van der Waals surface area contributed by atoms with Crippen LogP contribution in [0, 0.1) is 5.92 Å². The number of para-hydroxylation sites is 1. The van der Waals surface area contributed by atoms with Gasteiger partial charge in [-0.25, -0.2) is 0 Å². The minimum atomic E-state index is -1.75. The number of hydrogen-bond acceptors (Lipinski definition) is 3. The summed E-state index contributed by atoms with van der Waals surface area (Å²) >= 11 is 0. The highest BCUT2D eigenvalue weighted by molar-refractivity contribution is 6.19. The lowest BCUT2D eigenvalue weighted by molar-refractivity contribution is -0.150. The molecule has 0 spiro atoms. The second kappa shape index (κ2) is 5.64. The van der Waals surface area contributed by atoms with Crippen LogP contribution in [0.3, 0.4) is 0 Å². The molecule has 1 aromatic carbocycles. The van der Waals surface area contributed by atoms with Crippen LogP contribution in [0.1, 0.15) is 0 Å². The molecule has 6 heteroatoms. The van der Waals surface area contributed by atoms with Gasteiger partial charge in [-0.3, -0.25) is 14.4 Å². The fourth-order valence-electron chi connectivity index (χ4n) is 1.22. The summed E-state index contributed by atoms with van der Waals surface area (Å²) in [5.74, 6) is -4.97. The molecule has 0 saturated heterocycles. The monoisotopic (exact) mass is 236 g/mol. The summed E-state index contributed by atoms with van der Waals surface area (Å²) in [5, 5.41) is 13.3. The Kier molecular flexibility index (Phi) is 4.21. The fourth-order valence-corrected chi connectivity index (χ4v) is 1.22.